The normalized spacial score (nSPS) is 10.6. The van der Waals surface area contributed by atoms with Crippen LogP contribution in [0.3, 0.4) is 0 Å². The van der Waals surface area contributed by atoms with Crippen molar-refractivity contribution >= 4 is 22.9 Å². The molecule has 5 heteroatoms. The Kier molecular flexibility index (Phi) is 4.55. The Morgan fingerprint density at radius 3 is 3.00 bits per heavy atom. The smallest absolute Gasteiger partial charge is 0.137 e. The SMILES string of the molecule is COc1cccc(F)c1-c1nc(CCCCl)cs1. The Morgan fingerprint density at radius 1 is 1.44 bits per heavy atom. The van der Waals surface area contributed by atoms with Gasteiger partial charge in [0.1, 0.15) is 16.6 Å². The molecule has 0 aliphatic rings. The molecule has 0 bridgehead atoms. The molecular formula is C13H13ClFNOS. The van der Waals surface area contributed by atoms with Crippen LogP contribution in [0.4, 0.5) is 4.39 Å². The lowest BCUT2D eigenvalue weighted by atomic mass is 10.2. The third-order valence-electron chi connectivity index (χ3n) is 2.53. The molecule has 0 radical (unpaired) electrons. The standard InChI is InChI=1S/C13H13ClFNOS/c1-17-11-6-2-5-10(15)12(11)13-16-9(8-18-13)4-3-7-14/h2,5-6,8H,3-4,7H2,1H3. The van der Waals surface area contributed by atoms with E-state index in [1.807, 2.05) is 5.38 Å². The van der Waals surface area contributed by atoms with E-state index in [9.17, 15) is 4.39 Å². The molecule has 96 valence electrons. The summed E-state index contributed by atoms with van der Waals surface area (Å²) in [6.45, 7) is 0. The second kappa shape index (κ2) is 6.16. The number of alkyl halides is 1. The average Bonchev–Trinajstić information content (AvgIpc) is 2.84. The number of thiazole rings is 1. The van der Waals surface area contributed by atoms with Crippen molar-refractivity contribution in [3.63, 3.8) is 0 Å². The number of aryl methyl sites for hydroxylation is 1. The highest BCUT2D eigenvalue weighted by Crippen LogP contribution is 2.34. The molecule has 0 saturated carbocycles. The molecule has 1 heterocycles. The summed E-state index contributed by atoms with van der Waals surface area (Å²) in [4.78, 5) is 4.43. The number of hydrogen-bond donors (Lipinski definition) is 0. The van der Waals surface area contributed by atoms with Gasteiger partial charge in [0.2, 0.25) is 0 Å². The van der Waals surface area contributed by atoms with Crippen LogP contribution in [-0.2, 0) is 6.42 Å². The Balaban J connectivity index is 2.33. The van der Waals surface area contributed by atoms with Crippen LogP contribution in [0, 0.1) is 5.82 Å². The number of hydrogen-bond acceptors (Lipinski definition) is 3. The molecule has 1 aromatic heterocycles. The van der Waals surface area contributed by atoms with Crippen LogP contribution in [0.2, 0.25) is 0 Å². The van der Waals surface area contributed by atoms with Crippen molar-refractivity contribution in [3.05, 3.63) is 35.1 Å². The highest BCUT2D eigenvalue weighted by atomic mass is 35.5. The van der Waals surface area contributed by atoms with E-state index in [-0.39, 0.29) is 5.82 Å². The maximum Gasteiger partial charge on any atom is 0.137 e. The highest BCUT2D eigenvalue weighted by Gasteiger charge is 2.15. The quantitative estimate of drug-likeness (QED) is 0.771. The molecule has 0 unspecified atom stereocenters. The number of benzene rings is 1. The summed E-state index contributed by atoms with van der Waals surface area (Å²) in [6, 6.07) is 4.77. The number of halogens is 2. The molecule has 0 saturated heterocycles. The van der Waals surface area contributed by atoms with Gasteiger partial charge >= 0.3 is 0 Å². The van der Waals surface area contributed by atoms with E-state index in [0.717, 1.165) is 18.5 Å². The lowest BCUT2D eigenvalue weighted by Crippen LogP contribution is -1.92. The summed E-state index contributed by atoms with van der Waals surface area (Å²) >= 11 is 7.07. The summed E-state index contributed by atoms with van der Waals surface area (Å²) in [5.41, 5.74) is 1.38. The monoisotopic (exact) mass is 285 g/mol. The van der Waals surface area contributed by atoms with E-state index in [4.69, 9.17) is 16.3 Å². The molecule has 2 rings (SSSR count). The van der Waals surface area contributed by atoms with Crippen molar-refractivity contribution < 1.29 is 9.13 Å². The number of aromatic nitrogens is 1. The Bertz CT molecular complexity index is 529. The fourth-order valence-electron chi connectivity index (χ4n) is 1.67. The number of methoxy groups -OCH3 is 1. The first-order valence-corrected chi connectivity index (χ1v) is 7.01. The van der Waals surface area contributed by atoms with Crippen molar-refractivity contribution in [1.82, 2.24) is 4.98 Å². The van der Waals surface area contributed by atoms with E-state index in [1.165, 1.54) is 24.5 Å². The molecule has 2 nitrogen and oxygen atoms in total. The summed E-state index contributed by atoms with van der Waals surface area (Å²) in [7, 11) is 1.53. The summed E-state index contributed by atoms with van der Waals surface area (Å²) in [5.74, 6) is 0.802. The molecule has 2 aromatic rings. The van der Waals surface area contributed by atoms with Crippen LogP contribution in [0.5, 0.6) is 5.75 Å². The molecule has 0 fully saturated rings. The predicted octanol–water partition coefficient (Wildman–Crippen LogP) is 4.13. The summed E-state index contributed by atoms with van der Waals surface area (Å²) in [5, 5.41) is 2.59. The maximum absolute atomic E-state index is 13.8. The zero-order valence-electron chi connectivity index (χ0n) is 9.95. The second-order valence-electron chi connectivity index (χ2n) is 3.75. The minimum Gasteiger partial charge on any atom is -0.496 e. The molecule has 1 aromatic carbocycles. The largest absolute Gasteiger partial charge is 0.496 e. The Labute approximate surface area is 114 Å². The van der Waals surface area contributed by atoms with E-state index in [0.29, 0.717) is 22.2 Å². The van der Waals surface area contributed by atoms with Gasteiger partial charge in [0.15, 0.2) is 0 Å². The van der Waals surface area contributed by atoms with Gasteiger partial charge in [0.05, 0.1) is 18.4 Å². The van der Waals surface area contributed by atoms with Gasteiger partial charge in [0.25, 0.3) is 0 Å². The van der Waals surface area contributed by atoms with Gasteiger partial charge < -0.3 is 4.74 Å². The second-order valence-corrected chi connectivity index (χ2v) is 4.99. The molecule has 0 amide bonds. The van der Waals surface area contributed by atoms with Gasteiger partial charge in [0, 0.05) is 11.3 Å². The van der Waals surface area contributed by atoms with Gasteiger partial charge in [-0.1, -0.05) is 6.07 Å². The Hall–Kier alpha value is -1.13. The topological polar surface area (TPSA) is 22.1 Å². The number of nitrogens with zero attached hydrogens (tertiary/aromatic N) is 1. The highest BCUT2D eigenvalue weighted by molar-refractivity contribution is 7.13. The van der Waals surface area contributed by atoms with Gasteiger partial charge in [-0.05, 0) is 25.0 Å². The van der Waals surface area contributed by atoms with Crippen LogP contribution < -0.4 is 4.74 Å². The Morgan fingerprint density at radius 2 is 2.28 bits per heavy atom. The minimum atomic E-state index is -0.312. The lowest BCUT2D eigenvalue weighted by Gasteiger charge is -2.06. The van der Waals surface area contributed by atoms with E-state index >= 15 is 0 Å². The predicted molar refractivity (Wildman–Crippen MR) is 73.1 cm³/mol. The van der Waals surface area contributed by atoms with Crippen LogP contribution in [-0.4, -0.2) is 18.0 Å². The van der Waals surface area contributed by atoms with Gasteiger partial charge in [-0.15, -0.1) is 22.9 Å². The van der Waals surface area contributed by atoms with Gasteiger partial charge in [-0.25, -0.2) is 9.37 Å². The lowest BCUT2D eigenvalue weighted by molar-refractivity contribution is 0.413. The van der Waals surface area contributed by atoms with Crippen LogP contribution in [0.25, 0.3) is 10.6 Å². The van der Waals surface area contributed by atoms with Crippen molar-refractivity contribution in [2.75, 3.05) is 13.0 Å². The molecule has 0 spiro atoms. The van der Waals surface area contributed by atoms with Gasteiger partial charge in [-0.2, -0.15) is 0 Å². The number of rotatable bonds is 5. The van der Waals surface area contributed by atoms with Crippen molar-refractivity contribution in [1.29, 1.82) is 0 Å². The van der Waals surface area contributed by atoms with E-state index < -0.39 is 0 Å². The maximum atomic E-state index is 13.8. The minimum absolute atomic E-state index is 0.312. The van der Waals surface area contributed by atoms with Crippen molar-refractivity contribution in [2.45, 2.75) is 12.8 Å². The average molecular weight is 286 g/mol. The fourth-order valence-corrected chi connectivity index (χ4v) is 2.70. The van der Waals surface area contributed by atoms with Crippen molar-refractivity contribution in [3.8, 4) is 16.3 Å². The summed E-state index contributed by atoms with van der Waals surface area (Å²) < 4.78 is 19.0. The molecule has 18 heavy (non-hydrogen) atoms. The van der Waals surface area contributed by atoms with Crippen molar-refractivity contribution in [2.24, 2.45) is 0 Å². The van der Waals surface area contributed by atoms with Gasteiger partial charge in [-0.3, -0.25) is 0 Å². The summed E-state index contributed by atoms with van der Waals surface area (Å²) in [6.07, 6.45) is 1.69. The van der Waals surface area contributed by atoms with E-state index in [2.05, 4.69) is 4.98 Å². The molecule has 0 aliphatic carbocycles. The van der Waals surface area contributed by atoms with Crippen LogP contribution in [0.15, 0.2) is 23.6 Å². The fraction of sp³-hybridized carbons (Fsp3) is 0.308. The van der Waals surface area contributed by atoms with Crippen LogP contribution in [0.1, 0.15) is 12.1 Å². The third-order valence-corrected chi connectivity index (χ3v) is 3.70. The molecule has 0 N–H and O–H groups in total. The zero-order valence-corrected chi connectivity index (χ0v) is 11.5. The molecular weight excluding hydrogens is 273 g/mol. The zero-order chi connectivity index (χ0) is 13.0. The first-order chi connectivity index (χ1) is 8.76. The molecule has 0 aliphatic heterocycles. The first kappa shape index (κ1) is 13.3. The van der Waals surface area contributed by atoms with Crippen LogP contribution >= 0.6 is 22.9 Å². The molecule has 0 atom stereocenters. The first-order valence-electron chi connectivity index (χ1n) is 5.59. The third kappa shape index (κ3) is 2.82. The number of ether oxygens (including phenoxy) is 1. The van der Waals surface area contributed by atoms with E-state index in [1.54, 1.807) is 12.1 Å².